The minimum Gasteiger partial charge on any atom is -0.453 e. The van der Waals surface area contributed by atoms with Crippen LogP contribution in [0.4, 0.5) is 5.69 Å². The van der Waals surface area contributed by atoms with Gasteiger partial charge in [-0.3, -0.25) is 9.36 Å². The molecule has 2 aromatic heterocycles. The summed E-state index contributed by atoms with van der Waals surface area (Å²) >= 11 is 1.36. The Balaban J connectivity index is 1.33. The summed E-state index contributed by atoms with van der Waals surface area (Å²) in [5, 5.41) is 15.6. The lowest BCUT2D eigenvalue weighted by molar-refractivity contribution is -0.113. The lowest BCUT2D eigenvalue weighted by atomic mass is 10.1. The van der Waals surface area contributed by atoms with E-state index >= 15 is 0 Å². The van der Waals surface area contributed by atoms with E-state index in [4.69, 9.17) is 4.42 Å². The van der Waals surface area contributed by atoms with Crippen molar-refractivity contribution in [2.75, 3.05) is 11.1 Å². The number of aromatic nitrogens is 3. The average molecular weight is 443 g/mol. The maximum absolute atomic E-state index is 12.6. The molecule has 0 bridgehead atoms. The molecule has 5 rings (SSSR count). The Bertz CT molecular complexity index is 1390. The van der Waals surface area contributed by atoms with Crippen LogP contribution in [0.15, 0.2) is 82.4 Å². The molecule has 1 N–H and O–H groups in total. The first kappa shape index (κ1) is 20.3. The van der Waals surface area contributed by atoms with E-state index in [1.807, 2.05) is 71.3 Å². The van der Waals surface area contributed by atoms with Gasteiger partial charge >= 0.3 is 0 Å². The normalized spacial score (nSPS) is 11.5. The number of nitrogens with zero attached hydrogens (tertiary/aromatic N) is 3. The molecule has 0 fully saturated rings. The molecule has 0 radical (unpaired) electrons. The van der Waals surface area contributed by atoms with Crippen molar-refractivity contribution in [3.05, 3.63) is 72.8 Å². The van der Waals surface area contributed by atoms with E-state index in [2.05, 4.69) is 35.4 Å². The zero-order chi connectivity index (χ0) is 22.1. The Morgan fingerprint density at radius 3 is 2.50 bits per heavy atom. The highest BCUT2D eigenvalue weighted by molar-refractivity contribution is 7.99. The van der Waals surface area contributed by atoms with Gasteiger partial charge in [0.1, 0.15) is 5.58 Å². The molecule has 32 heavy (non-hydrogen) atoms. The predicted molar refractivity (Wildman–Crippen MR) is 129 cm³/mol. The molecule has 7 heteroatoms. The van der Waals surface area contributed by atoms with Gasteiger partial charge in [0.2, 0.25) is 11.7 Å². The number of thioether (sulfide) groups is 1. The van der Waals surface area contributed by atoms with E-state index in [1.54, 1.807) is 0 Å². The van der Waals surface area contributed by atoms with Crippen LogP contribution in [0.3, 0.4) is 0 Å². The highest BCUT2D eigenvalue weighted by atomic mass is 32.2. The number of rotatable bonds is 6. The summed E-state index contributed by atoms with van der Waals surface area (Å²) in [7, 11) is 0. The zero-order valence-corrected chi connectivity index (χ0v) is 18.6. The molecule has 0 spiro atoms. The first-order valence-corrected chi connectivity index (χ1v) is 11.4. The molecule has 0 aliphatic heterocycles. The molecule has 1 amide bonds. The van der Waals surface area contributed by atoms with Gasteiger partial charge in [-0.05, 0) is 48.9 Å². The van der Waals surface area contributed by atoms with Gasteiger partial charge in [-0.1, -0.05) is 60.3 Å². The molecule has 0 aliphatic carbocycles. The molecular weight excluding hydrogens is 420 g/mol. The number of benzene rings is 3. The van der Waals surface area contributed by atoms with Gasteiger partial charge < -0.3 is 9.73 Å². The number of anilines is 1. The van der Waals surface area contributed by atoms with Crippen molar-refractivity contribution < 1.29 is 9.21 Å². The number of hydrogen-bond donors (Lipinski definition) is 1. The topological polar surface area (TPSA) is 73.0 Å². The summed E-state index contributed by atoms with van der Waals surface area (Å²) in [4.78, 5) is 12.6. The van der Waals surface area contributed by atoms with E-state index in [1.165, 1.54) is 11.8 Å². The highest BCUT2D eigenvalue weighted by Crippen LogP contribution is 2.31. The van der Waals surface area contributed by atoms with Crippen LogP contribution >= 0.6 is 11.8 Å². The lowest BCUT2D eigenvalue weighted by Crippen LogP contribution is -2.15. The fourth-order valence-corrected chi connectivity index (χ4v) is 4.56. The van der Waals surface area contributed by atoms with Gasteiger partial charge in [0.25, 0.3) is 0 Å². The van der Waals surface area contributed by atoms with Gasteiger partial charge in [-0.15, -0.1) is 10.2 Å². The fourth-order valence-electron chi connectivity index (χ4n) is 3.70. The molecule has 3 aromatic carbocycles. The Morgan fingerprint density at radius 1 is 0.969 bits per heavy atom. The second-order valence-corrected chi connectivity index (χ2v) is 8.76. The maximum atomic E-state index is 12.6. The third-order valence-electron chi connectivity index (χ3n) is 5.19. The summed E-state index contributed by atoms with van der Waals surface area (Å²) in [6.45, 7) is 4.13. The minimum atomic E-state index is -0.0890. The Labute approximate surface area is 189 Å². The molecule has 5 aromatic rings. The van der Waals surface area contributed by atoms with Crippen LogP contribution in [0, 0.1) is 0 Å². The van der Waals surface area contributed by atoms with Gasteiger partial charge in [-0.2, -0.15) is 0 Å². The van der Waals surface area contributed by atoms with E-state index in [9.17, 15) is 4.79 Å². The van der Waals surface area contributed by atoms with Gasteiger partial charge in [0, 0.05) is 17.1 Å². The van der Waals surface area contributed by atoms with Crippen LogP contribution in [0.1, 0.15) is 19.9 Å². The molecule has 0 saturated carbocycles. The second kappa shape index (κ2) is 8.51. The van der Waals surface area contributed by atoms with E-state index in [0.717, 1.165) is 27.4 Å². The quantitative estimate of drug-likeness (QED) is 0.319. The third kappa shape index (κ3) is 3.99. The molecule has 0 unspecified atom stereocenters. The summed E-state index contributed by atoms with van der Waals surface area (Å²) in [5.41, 5.74) is 1.59. The van der Waals surface area contributed by atoms with Crippen molar-refractivity contribution in [2.45, 2.75) is 25.0 Å². The second-order valence-electron chi connectivity index (χ2n) is 7.82. The fraction of sp³-hybridized carbons (Fsp3) is 0.160. The Hall–Kier alpha value is -3.58. The van der Waals surface area contributed by atoms with Gasteiger partial charge in [0.15, 0.2) is 10.9 Å². The molecule has 160 valence electrons. The van der Waals surface area contributed by atoms with E-state index < -0.39 is 0 Å². The number of hydrogen-bond acceptors (Lipinski definition) is 5. The lowest BCUT2D eigenvalue weighted by Gasteiger charge is -2.12. The van der Waals surface area contributed by atoms with Crippen molar-refractivity contribution in [1.82, 2.24) is 14.8 Å². The van der Waals surface area contributed by atoms with Gasteiger partial charge in [-0.25, -0.2) is 0 Å². The number of amides is 1. The zero-order valence-electron chi connectivity index (χ0n) is 17.8. The van der Waals surface area contributed by atoms with Crippen molar-refractivity contribution >= 4 is 45.1 Å². The first-order valence-electron chi connectivity index (χ1n) is 10.4. The van der Waals surface area contributed by atoms with Crippen LogP contribution in [0.25, 0.3) is 33.3 Å². The molecule has 0 saturated heterocycles. The highest BCUT2D eigenvalue weighted by Gasteiger charge is 2.20. The molecular formula is C25H22N4O2S. The summed E-state index contributed by atoms with van der Waals surface area (Å²) < 4.78 is 7.99. The monoisotopic (exact) mass is 442 g/mol. The maximum Gasteiger partial charge on any atom is 0.234 e. The smallest absolute Gasteiger partial charge is 0.234 e. The standard InChI is InChI=1S/C25H22N4O2S/c1-16(2)29-24(22-14-19-9-5-6-10-21(19)31-22)27-28-25(29)32-15-23(30)26-20-12-11-17-7-3-4-8-18(17)13-20/h3-14,16H,15H2,1-2H3,(H,26,30). The number of carbonyl (C=O) groups excluding carboxylic acids is 1. The molecule has 6 nitrogen and oxygen atoms in total. The third-order valence-corrected chi connectivity index (χ3v) is 6.14. The average Bonchev–Trinajstić information content (AvgIpc) is 3.41. The number of nitrogens with one attached hydrogen (secondary N) is 1. The SMILES string of the molecule is CC(C)n1c(SCC(=O)Nc2ccc3ccccc3c2)nnc1-c1cc2ccccc2o1. The minimum absolute atomic E-state index is 0.0890. The number of furan rings is 1. The summed E-state index contributed by atoms with van der Waals surface area (Å²) in [5.74, 6) is 1.47. The number of fused-ring (bicyclic) bond motifs is 2. The van der Waals surface area contributed by atoms with Crippen molar-refractivity contribution in [3.63, 3.8) is 0 Å². The van der Waals surface area contributed by atoms with Crippen LogP contribution in [0.5, 0.6) is 0 Å². The van der Waals surface area contributed by atoms with Crippen molar-refractivity contribution in [2.24, 2.45) is 0 Å². The Kier molecular flexibility index (Phi) is 5.41. The first-order chi connectivity index (χ1) is 15.6. The van der Waals surface area contributed by atoms with Crippen LogP contribution < -0.4 is 5.32 Å². The van der Waals surface area contributed by atoms with Gasteiger partial charge in [0.05, 0.1) is 5.75 Å². The number of carbonyl (C=O) groups is 1. The van der Waals surface area contributed by atoms with Crippen LogP contribution in [0.2, 0.25) is 0 Å². The van der Waals surface area contributed by atoms with Crippen LogP contribution in [-0.4, -0.2) is 26.4 Å². The van der Waals surface area contributed by atoms with Crippen molar-refractivity contribution in [3.8, 4) is 11.6 Å². The van der Waals surface area contributed by atoms with E-state index in [0.29, 0.717) is 16.7 Å². The predicted octanol–water partition coefficient (Wildman–Crippen LogP) is 6.16. The largest absolute Gasteiger partial charge is 0.453 e. The summed E-state index contributed by atoms with van der Waals surface area (Å²) in [6, 6.07) is 23.9. The Morgan fingerprint density at radius 2 is 1.72 bits per heavy atom. The number of para-hydroxylation sites is 1. The van der Waals surface area contributed by atoms with Crippen molar-refractivity contribution in [1.29, 1.82) is 0 Å². The molecule has 0 atom stereocenters. The molecule has 0 aliphatic rings. The van der Waals surface area contributed by atoms with Crippen LogP contribution in [-0.2, 0) is 4.79 Å². The molecule has 2 heterocycles. The summed E-state index contributed by atoms with van der Waals surface area (Å²) in [6.07, 6.45) is 0. The van der Waals surface area contributed by atoms with E-state index in [-0.39, 0.29) is 17.7 Å².